The fourth-order valence-electron chi connectivity index (χ4n) is 3.46. The van der Waals surface area contributed by atoms with Crippen molar-refractivity contribution in [2.45, 2.75) is 39.0 Å². The van der Waals surface area contributed by atoms with Crippen LogP contribution in [0.15, 0.2) is 36.7 Å². The van der Waals surface area contributed by atoms with Crippen LogP contribution in [0.3, 0.4) is 0 Å². The molecule has 0 saturated carbocycles. The Morgan fingerprint density at radius 1 is 1.34 bits per heavy atom. The van der Waals surface area contributed by atoms with Gasteiger partial charge in [0.2, 0.25) is 11.8 Å². The summed E-state index contributed by atoms with van der Waals surface area (Å²) in [6.45, 7) is 4.01. The van der Waals surface area contributed by atoms with Crippen LogP contribution < -0.4 is 5.32 Å². The van der Waals surface area contributed by atoms with Gasteiger partial charge < -0.3 is 24.6 Å². The van der Waals surface area contributed by atoms with Gasteiger partial charge in [-0.3, -0.25) is 9.59 Å². The van der Waals surface area contributed by atoms with Gasteiger partial charge in [-0.2, -0.15) is 0 Å². The van der Waals surface area contributed by atoms with Gasteiger partial charge in [-0.05, 0) is 23.6 Å². The lowest BCUT2D eigenvalue weighted by Gasteiger charge is -2.40. The third kappa shape index (κ3) is 5.02. The third-order valence-corrected chi connectivity index (χ3v) is 4.99. The van der Waals surface area contributed by atoms with Crippen LogP contribution in [0.5, 0.6) is 0 Å². The Bertz CT molecular complexity index is 847. The molecule has 2 aromatic rings. The molecular weight excluding hydrogens is 372 g/mol. The Hall–Kier alpha value is -2.71. The van der Waals surface area contributed by atoms with E-state index in [1.54, 1.807) is 11.1 Å². The molecule has 29 heavy (non-hydrogen) atoms. The fraction of sp³-hybridized carbons (Fsp3) is 0.476. The quantitative estimate of drug-likeness (QED) is 0.740. The predicted octanol–water partition coefficient (Wildman–Crippen LogP) is 1.87. The summed E-state index contributed by atoms with van der Waals surface area (Å²) in [4.78, 5) is 30.3. The molecule has 156 valence electrons. The van der Waals surface area contributed by atoms with E-state index in [0.717, 1.165) is 11.4 Å². The van der Waals surface area contributed by atoms with Crippen molar-refractivity contribution in [1.82, 2.24) is 14.5 Å². The topological polar surface area (TPSA) is 96.7 Å². The van der Waals surface area contributed by atoms with Crippen molar-refractivity contribution in [1.29, 1.82) is 0 Å². The molecule has 1 aromatic carbocycles. The highest BCUT2D eigenvalue weighted by Gasteiger charge is 2.37. The molecule has 2 heterocycles. The first kappa shape index (κ1) is 21.0. The molecule has 1 fully saturated rings. The Kier molecular flexibility index (Phi) is 6.66. The van der Waals surface area contributed by atoms with Gasteiger partial charge in [-0.25, -0.2) is 4.98 Å². The number of anilines is 1. The highest BCUT2D eigenvalue weighted by atomic mass is 16.5. The average Bonchev–Trinajstić information content (AvgIpc) is 3.08. The number of nitrogens with zero attached hydrogens (tertiary/aromatic N) is 3. The maximum Gasteiger partial charge on any atom is 0.249 e. The molecule has 1 saturated heterocycles. The number of carbonyl (C=O) groups is 2. The van der Waals surface area contributed by atoms with E-state index in [4.69, 9.17) is 4.74 Å². The van der Waals surface area contributed by atoms with E-state index in [2.05, 4.69) is 10.3 Å². The van der Waals surface area contributed by atoms with Gasteiger partial charge in [0.1, 0.15) is 18.5 Å². The molecule has 2 amide bonds. The van der Waals surface area contributed by atoms with Crippen LogP contribution in [-0.4, -0.2) is 50.6 Å². The summed E-state index contributed by atoms with van der Waals surface area (Å²) >= 11 is 0. The van der Waals surface area contributed by atoms with Crippen molar-refractivity contribution in [3.63, 3.8) is 0 Å². The molecule has 0 bridgehead atoms. The SMILES string of the molecule is CC(C)CC(=O)Nc1ccc([C@H]2OCC(=O)N(Cc3nccn3C)[C@@H]2CO)cc1. The number of hydrogen-bond donors (Lipinski definition) is 2. The second-order valence-electron chi connectivity index (χ2n) is 7.73. The number of benzene rings is 1. The van der Waals surface area contributed by atoms with Crippen LogP contribution in [0, 0.1) is 5.92 Å². The number of morpholine rings is 1. The van der Waals surface area contributed by atoms with Crippen molar-refractivity contribution in [3.8, 4) is 0 Å². The van der Waals surface area contributed by atoms with E-state index < -0.39 is 12.1 Å². The van der Waals surface area contributed by atoms with Crippen molar-refractivity contribution in [3.05, 3.63) is 48.0 Å². The summed E-state index contributed by atoms with van der Waals surface area (Å²) in [6, 6.07) is 6.81. The van der Waals surface area contributed by atoms with E-state index in [-0.39, 0.29) is 30.9 Å². The van der Waals surface area contributed by atoms with Gasteiger partial charge in [0.05, 0.1) is 19.2 Å². The molecule has 8 heteroatoms. The first-order valence-electron chi connectivity index (χ1n) is 9.77. The maximum atomic E-state index is 12.4. The molecule has 0 unspecified atom stereocenters. The lowest BCUT2D eigenvalue weighted by molar-refractivity contribution is -0.162. The summed E-state index contributed by atoms with van der Waals surface area (Å²) in [7, 11) is 1.87. The smallest absolute Gasteiger partial charge is 0.249 e. The molecular formula is C21H28N4O4. The van der Waals surface area contributed by atoms with Crippen molar-refractivity contribution in [2.24, 2.45) is 13.0 Å². The lowest BCUT2D eigenvalue weighted by Crippen LogP contribution is -2.52. The molecule has 3 rings (SSSR count). The molecule has 2 N–H and O–H groups in total. The van der Waals surface area contributed by atoms with E-state index in [9.17, 15) is 14.7 Å². The van der Waals surface area contributed by atoms with Crippen LogP contribution >= 0.6 is 0 Å². The average molecular weight is 400 g/mol. The van der Waals surface area contributed by atoms with Crippen LogP contribution in [0.4, 0.5) is 5.69 Å². The number of imidazole rings is 1. The number of ether oxygens (including phenoxy) is 1. The van der Waals surface area contributed by atoms with E-state index in [0.29, 0.717) is 18.7 Å². The predicted molar refractivity (Wildman–Crippen MR) is 108 cm³/mol. The molecule has 1 aliphatic heterocycles. The number of aliphatic hydroxyl groups is 1. The molecule has 1 aliphatic rings. The Morgan fingerprint density at radius 2 is 2.07 bits per heavy atom. The summed E-state index contributed by atoms with van der Waals surface area (Å²) in [5.74, 6) is 0.820. The number of rotatable bonds is 7. The Labute approximate surface area is 170 Å². The molecule has 8 nitrogen and oxygen atoms in total. The minimum atomic E-state index is -0.519. The van der Waals surface area contributed by atoms with Gasteiger partial charge in [0.15, 0.2) is 0 Å². The fourth-order valence-corrected chi connectivity index (χ4v) is 3.46. The number of hydrogen-bond acceptors (Lipinski definition) is 5. The minimum absolute atomic E-state index is 0.0262. The van der Waals surface area contributed by atoms with Gasteiger partial charge in [0.25, 0.3) is 0 Å². The summed E-state index contributed by atoms with van der Waals surface area (Å²) in [5.41, 5.74) is 1.54. The van der Waals surface area contributed by atoms with E-state index in [1.165, 1.54) is 0 Å². The highest BCUT2D eigenvalue weighted by Crippen LogP contribution is 2.30. The molecule has 1 aromatic heterocycles. The van der Waals surface area contributed by atoms with Crippen LogP contribution in [0.1, 0.15) is 37.8 Å². The van der Waals surface area contributed by atoms with Crippen molar-refractivity contribution < 1.29 is 19.4 Å². The highest BCUT2D eigenvalue weighted by molar-refractivity contribution is 5.90. The maximum absolute atomic E-state index is 12.4. The monoisotopic (exact) mass is 400 g/mol. The zero-order valence-electron chi connectivity index (χ0n) is 17.0. The van der Waals surface area contributed by atoms with Gasteiger partial charge in [0, 0.05) is 31.5 Å². The number of carbonyl (C=O) groups excluding carboxylic acids is 2. The summed E-state index contributed by atoms with van der Waals surface area (Å²) in [6.07, 6.45) is 3.50. The van der Waals surface area contributed by atoms with Crippen LogP contribution in [0.2, 0.25) is 0 Å². The van der Waals surface area contributed by atoms with Crippen LogP contribution in [0.25, 0.3) is 0 Å². The van der Waals surface area contributed by atoms with Crippen molar-refractivity contribution in [2.75, 3.05) is 18.5 Å². The first-order chi connectivity index (χ1) is 13.9. The zero-order chi connectivity index (χ0) is 21.0. The molecule has 0 spiro atoms. The number of aromatic nitrogens is 2. The number of nitrogens with one attached hydrogen (secondary N) is 1. The Balaban J connectivity index is 1.74. The first-order valence-corrected chi connectivity index (χ1v) is 9.77. The van der Waals surface area contributed by atoms with Gasteiger partial charge in [-0.15, -0.1) is 0 Å². The van der Waals surface area contributed by atoms with E-state index >= 15 is 0 Å². The largest absolute Gasteiger partial charge is 0.394 e. The second-order valence-corrected chi connectivity index (χ2v) is 7.73. The number of amides is 2. The molecule has 2 atom stereocenters. The van der Waals surface area contributed by atoms with Gasteiger partial charge >= 0.3 is 0 Å². The summed E-state index contributed by atoms with van der Waals surface area (Å²) < 4.78 is 7.62. The lowest BCUT2D eigenvalue weighted by atomic mass is 9.99. The third-order valence-electron chi connectivity index (χ3n) is 4.99. The zero-order valence-corrected chi connectivity index (χ0v) is 17.0. The van der Waals surface area contributed by atoms with E-state index in [1.807, 2.05) is 55.9 Å². The number of aliphatic hydroxyl groups excluding tert-OH is 1. The normalized spacial score (nSPS) is 19.6. The van der Waals surface area contributed by atoms with Crippen molar-refractivity contribution >= 4 is 17.5 Å². The standard InChI is InChI=1S/C21H28N4O4/c1-14(2)10-19(27)23-16-6-4-15(5-7-16)21-17(12-26)25(20(28)13-29-21)11-18-22-8-9-24(18)3/h4-9,14,17,21,26H,10-13H2,1-3H3,(H,23,27)/t17-,21-/m1/s1. The Morgan fingerprint density at radius 3 is 2.66 bits per heavy atom. The van der Waals surface area contributed by atoms with Gasteiger partial charge in [-0.1, -0.05) is 26.0 Å². The van der Waals surface area contributed by atoms with Crippen LogP contribution in [-0.2, 0) is 27.9 Å². The number of aryl methyl sites for hydroxylation is 1. The summed E-state index contributed by atoms with van der Waals surface area (Å²) in [5, 5.41) is 12.9. The second kappa shape index (κ2) is 9.19. The molecule has 0 aliphatic carbocycles. The minimum Gasteiger partial charge on any atom is -0.394 e. The molecule has 0 radical (unpaired) electrons.